The molecule has 2 saturated heterocycles. The molecule has 102 valence electrons. The van der Waals surface area contributed by atoms with Crippen molar-refractivity contribution >= 4 is 5.97 Å². The minimum absolute atomic E-state index is 0.616. The monoisotopic (exact) mass is 253 g/mol. The fraction of sp³-hybridized carbons (Fsp3) is 0.923. The minimum Gasteiger partial charge on any atom is -0.480 e. The number of nitrogens with zero attached hydrogens (tertiary/aromatic N) is 2. The summed E-state index contributed by atoms with van der Waals surface area (Å²) in [6.45, 7) is 5.40. The third-order valence-electron chi connectivity index (χ3n) is 4.68. The molecule has 18 heavy (non-hydrogen) atoms. The van der Waals surface area contributed by atoms with Crippen LogP contribution in [0.25, 0.3) is 0 Å². The number of rotatable bonds is 3. The summed E-state index contributed by atoms with van der Waals surface area (Å²) in [5, 5.41) is 13.1. The average Bonchev–Trinajstić information content (AvgIpc) is 3.15. The van der Waals surface area contributed by atoms with E-state index in [0.29, 0.717) is 6.04 Å². The first-order valence-electron chi connectivity index (χ1n) is 7.16. The molecule has 2 N–H and O–H groups in total. The van der Waals surface area contributed by atoms with E-state index in [9.17, 15) is 9.90 Å². The van der Waals surface area contributed by atoms with E-state index in [-0.39, 0.29) is 0 Å². The Morgan fingerprint density at radius 1 is 1.22 bits per heavy atom. The summed E-state index contributed by atoms with van der Waals surface area (Å²) in [5.74, 6) is -0.618. The number of hydrogen-bond donors (Lipinski definition) is 2. The van der Waals surface area contributed by atoms with E-state index < -0.39 is 11.5 Å². The van der Waals surface area contributed by atoms with Crippen molar-refractivity contribution in [3.8, 4) is 0 Å². The highest BCUT2D eigenvalue weighted by Crippen LogP contribution is 2.36. The van der Waals surface area contributed by atoms with Gasteiger partial charge in [-0.1, -0.05) is 0 Å². The number of carboxylic acid groups (broad SMARTS) is 1. The molecule has 2 heterocycles. The molecule has 1 saturated carbocycles. The van der Waals surface area contributed by atoms with Crippen LogP contribution < -0.4 is 5.32 Å². The van der Waals surface area contributed by atoms with Gasteiger partial charge < -0.3 is 10.4 Å². The lowest BCUT2D eigenvalue weighted by Gasteiger charge is -2.37. The lowest BCUT2D eigenvalue weighted by Crippen LogP contribution is -2.57. The largest absolute Gasteiger partial charge is 0.480 e. The Kier molecular flexibility index (Phi) is 3.30. The Balaban J connectivity index is 1.75. The van der Waals surface area contributed by atoms with Crippen LogP contribution in [0.1, 0.15) is 25.7 Å². The fourth-order valence-corrected chi connectivity index (χ4v) is 3.42. The van der Waals surface area contributed by atoms with Crippen molar-refractivity contribution in [1.82, 2.24) is 15.1 Å². The first kappa shape index (κ1) is 12.4. The Hall–Kier alpha value is -0.650. The summed E-state index contributed by atoms with van der Waals surface area (Å²) in [6, 6.07) is 0.677. The Morgan fingerprint density at radius 2 is 2.06 bits per heavy atom. The highest BCUT2D eigenvalue weighted by Gasteiger charge is 2.51. The molecule has 0 spiro atoms. The summed E-state index contributed by atoms with van der Waals surface area (Å²) < 4.78 is 0. The molecule has 5 nitrogen and oxygen atoms in total. The molecule has 0 aromatic heterocycles. The third-order valence-corrected chi connectivity index (χ3v) is 4.68. The lowest BCUT2D eigenvalue weighted by molar-refractivity contribution is -0.150. The van der Waals surface area contributed by atoms with Gasteiger partial charge in [0.05, 0.1) is 0 Å². The van der Waals surface area contributed by atoms with Crippen LogP contribution in [0.3, 0.4) is 0 Å². The van der Waals surface area contributed by atoms with Crippen molar-refractivity contribution in [2.45, 2.75) is 37.3 Å². The van der Waals surface area contributed by atoms with E-state index in [4.69, 9.17) is 0 Å². The number of carbonyl (C=O) groups is 1. The number of hydrogen-bond acceptors (Lipinski definition) is 4. The van der Waals surface area contributed by atoms with Crippen LogP contribution in [0.4, 0.5) is 0 Å². The molecule has 0 aromatic carbocycles. The fourth-order valence-electron chi connectivity index (χ4n) is 3.42. The normalized spacial score (nSPS) is 35.6. The van der Waals surface area contributed by atoms with E-state index in [1.165, 1.54) is 12.8 Å². The number of likely N-dealkylation sites (tertiary alicyclic amines) is 1. The molecule has 0 aromatic rings. The van der Waals surface area contributed by atoms with Crippen molar-refractivity contribution in [2.24, 2.45) is 0 Å². The summed E-state index contributed by atoms with van der Waals surface area (Å²) >= 11 is 0. The Bertz CT molecular complexity index is 324. The smallest absolute Gasteiger partial charge is 0.325 e. The highest BCUT2D eigenvalue weighted by molar-refractivity contribution is 5.79. The van der Waals surface area contributed by atoms with Gasteiger partial charge in [0.1, 0.15) is 5.54 Å². The molecule has 3 rings (SSSR count). The molecule has 1 unspecified atom stereocenters. The molecule has 3 fully saturated rings. The second kappa shape index (κ2) is 4.79. The van der Waals surface area contributed by atoms with Crippen molar-refractivity contribution in [3.05, 3.63) is 0 Å². The molecule has 1 atom stereocenters. The maximum Gasteiger partial charge on any atom is 0.325 e. The molecule has 0 bridgehead atoms. The van der Waals surface area contributed by atoms with Gasteiger partial charge in [0.15, 0.2) is 0 Å². The second-order valence-electron chi connectivity index (χ2n) is 5.88. The van der Waals surface area contributed by atoms with Crippen molar-refractivity contribution < 1.29 is 9.90 Å². The highest BCUT2D eigenvalue weighted by atomic mass is 16.4. The summed E-state index contributed by atoms with van der Waals surface area (Å²) in [6.07, 6.45) is 4.37. The zero-order chi connectivity index (χ0) is 12.6. The predicted octanol–water partition coefficient (Wildman–Crippen LogP) is -0.0268. The van der Waals surface area contributed by atoms with E-state index in [1.807, 2.05) is 0 Å². The van der Waals surface area contributed by atoms with Crippen molar-refractivity contribution in [2.75, 3.05) is 39.3 Å². The molecule has 0 amide bonds. The van der Waals surface area contributed by atoms with Gasteiger partial charge in [-0.25, -0.2) is 0 Å². The van der Waals surface area contributed by atoms with Crippen LogP contribution in [0.2, 0.25) is 0 Å². The van der Waals surface area contributed by atoms with Crippen LogP contribution in [0, 0.1) is 0 Å². The SMILES string of the molecule is O=C(O)C1(N2CCCNCC2)CCN(C2CC2)C1. The maximum absolute atomic E-state index is 11.8. The van der Waals surface area contributed by atoms with Crippen LogP contribution in [-0.4, -0.2) is 71.7 Å². The van der Waals surface area contributed by atoms with Gasteiger partial charge in [-0.3, -0.25) is 14.6 Å². The van der Waals surface area contributed by atoms with Gasteiger partial charge in [0.2, 0.25) is 0 Å². The minimum atomic E-state index is -0.618. The number of carboxylic acids is 1. The third kappa shape index (κ3) is 2.15. The zero-order valence-corrected chi connectivity index (χ0v) is 10.9. The van der Waals surface area contributed by atoms with Gasteiger partial charge >= 0.3 is 5.97 Å². The first-order chi connectivity index (χ1) is 8.72. The number of aliphatic carboxylic acids is 1. The molecule has 2 aliphatic heterocycles. The van der Waals surface area contributed by atoms with Crippen molar-refractivity contribution in [1.29, 1.82) is 0 Å². The predicted molar refractivity (Wildman–Crippen MR) is 68.6 cm³/mol. The average molecular weight is 253 g/mol. The second-order valence-corrected chi connectivity index (χ2v) is 5.88. The van der Waals surface area contributed by atoms with Crippen LogP contribution >= 0.6 is 0 Å². The lowest BCUT2D eigenvalue weighted by atomic mass is 9.95. The summed E-state index contributed by atoms with van der Waals surface area (Å²) in [7, 11) is 0. The van der Waals surface area contributed by atoms with E-state index in [2.05, 4.69) is 15.1 Å². The van der Waals surface area contributed by atoms with Gasteiger partial charge in [0.25, 0.3) is 0 Å². The van der Waals surface area contributed by atoms with Crippen LogP contribution in [-0.2, 0) is 4.79 Å². The zero-order valence-electron chi connectivity index (χ0n) is 10.9. The quantitative estimate of drug-likeness (QED) is 0.740. The molecular formula is C13H23N3O2. The van der Waals surface area contributed by atoms with Crippen LogP contribution in [0.15, 0.2) is 0 Å². The number of nitrogens with one attached hydrogen (secondary N) is 1. The van der Waals surface area contributed by atoms with Crippen molar-refractivity contribution in [3.63, 3.8) is 0 Å². The van der Waals surface area contributed by atoms with E-state index in [1.54, 1.807) is 0 Å². The van der Waals surface area contributed by atoms with Gasteiger partial charge in [-0.05, 0) is 32.2 Å². The molecule has 3 aliphatic rings. The van der Waals surface area contributed by atoms with E-state index in [0.717, 1.165) is 52.1 Å². The molecule has 0 radical (unpaired) electrons. The topological polar surface area (TPSA) is 55.8 Å². The van der Waals surface area contributed by atoms with Crippen LogP contribution in [0.5, 0.6) is 0 Å². The maximum atomic E-state index is 11.8. The molecular weight excluding hydrogens is 230 g/mol. The Morgan fingerprint density at radius 3 is 2.78 bits per heavy atom. The first-order valence-corrected chi connectivity index (χ1v) is 7.16. The van der Waals surface area contributed by atoms with Gasteiger partial charge in [-0.2, -0.15) is 0 Å². The molecule has 5 heteroatoms. The summed E-state index contributed by atoms with van der Waals surface area (Å²) in [4.78, 5) is 16.5. The molecule has 1 aliphatic carbocycles. The summed E-state index contributed by atoms with van der Waals surface area (Å²) in [5.41, 5.74) is -0.616. The Labute approximate surface area is 108 Å². The van der Waals surface area contributed by atoms with Gasteiger partial charge in [0, 0.05) is 38.8 Å². The van der Waals surface area contributed by atoms with Gasteiger partial charge in [-0.15, -0.1) is 0 Å². The standard InChI is InChI=1S/C13H23N3O2/c17-12(18)13(16-7-1-5-14-6-9-16)4-8-15(10-13)11-2-3-11/h11,14H,1-10H2,(H,17,18). The van der Waals surface area contributed by atoms with E-state index >= 15 is 0 Å².